The van der Waals surface area contributed by atoms with E-state index in [4.69, 9.17) is 11.6 Å². The fraction of sp³-hybridized carbons (Fsp3) is 0.533. The fourth-order valence-electron chi connectivity index (χ4n) is 5.32. The number of carbonyl (C=O) groups excluding carboxylic acids is 2. The number of benzene rings is 2. The summed E-state index contributed by atoms with van der Waals surface area (Å²) in [7, 11) is -6.45. The van der Waals surface area contributed by atoms with Gasteiger partial charge in [0.2, 0.25) is 0 Å². The molecule has 1 atom stereocenters. The Balaban J connectivity index is 0.000000222. The molecule has 6 nitrogen and oxygen atoms in total. The van der Waals surface area contributed by atoms with E-state index in [1.165, 1.54) is 31.2 Å². The molecule has 0 spiro atoms. The van der Waals surface area contributed by atoms with E-state index in [-0.39, 0.29) is 22.5 Å². The molecule has 40 heavy (non-hydrogen) atoms. The molecule has 2 aromatic carbocycles. The SMILES string of the molecule is CS(=O)(=O)c1ccc(C(Br)C(=O)C2CCCCC2)c(Cl)c1.CS(=O)(=O)c1ccc(CC(=O)C2CCCCC2)cc1. The number of ketones is 2. The maximum Gasteiger partial charge on any atom is 0.175 e. The van der Waals surface area contributed by atoms with E-state index in [0.29, 0.717) is 27.7 Å². The summed E-state index contributed by atoms with van der Waals surface area (Å²) < 4.78 is 45.7. The number of alkyl halides is 1. The molecule has 2 fully saturated rings. The van der Waals surface area contributed by atoms with Gasteiger partial charge in [-0.05, 0) is 61.1 Å². The van der Waals surface area contributed by atoms with Crippen molar-refractivity contribution in [2.24, 2.45) is 11.8 Å². The van der Waals surface area contributed by atoms with E-state index in [0.717, 1.165) is 63.2 Å². The highest BCUT2D eigenvalue weighted by atomic mass is 79.9. The third-order valence-electron chi connectivity index (χ3n) is 7.72. The van der Waals surface area contributed by atoms with Crippen LogP contribution < -0.4 is 0 Å². The van der Waals surface area contributed by atoms with E-state index >= 15 is 0 Å². The largest absolute Gasteiger partial charge is 0.299 e. The van der Waals surface area contributed by atoms with Crippen LogP contribution in [0.2, 0.25) is 5.02 Å². The van der Waals surface area contributed by atoms with E-state index in [2.05, 4.69) is 15.9 Å². The number of carbonyl (C=O) groups is 2. The van der Waals surface area contributed by atoms with Crippen LogP contribution in [0.15, 0.2) is 52.3 Å². The van der Waals surface area contributed by atoms with Crippen molar-refractivity contribution in [2.45, 2.75) is 85.2 Å². The lowest BCUT2D eigenvalue weighted by Crippen LogP contribution is -2.21. The van der Waals surface area contributed by atoms with Crippen LogP contribution in [0, 0.1) is 11.8 Å². The third-order valence-corrected chi connectivity index (χ3v) is 11.2. The van der Waals surface area contributed by atoms with Crippen molar-refractivity contribution in [2.75, 3.05) is 12.5 Å². The van der Waals surface area contributed by atoms with Gasteiger partial charge in [-0.25, -0.2) is 16.8 Å². The van der Waals surface area contributed by atoms with Gasteiger partial charge in [0.25, 0.3) is 0 Å². The van der Waals surface area contributed by atoms with E-state index in [1.807, 2.05) is 0 Å². The molecule has 0 saturated heterocycles. The summed E-state index contributed by atoms with van der Waals surface area (Å²) in [5.41, 5.74) is 1.54. The maximum absolute atomic E-state index is 12.5. The number of hydrogen-bond donors (Lipinski definition) is 0. The Morgan fingerprint density at radius 2 is 1.25 bits per heavy atom. The zero-order chi connectivity index (χ0) is 29.5. The molecule has 2 aliphatic carbocycles. The lowest BCUT2D eigenvalue weighted by atomic mass is 9.84. The fourth-order valence-corrected chi connectivity index (χ4v) is 7.85. The van der Waals surface area contributed by atoms with Crippen LogP contribution in [-0.4, -0.2) is 40.9 Å². The molecule has 4 rings (SSSR count). The second-order valence-corrected chi connectivity index (χ2v) is 16.3. The van der Waals surface area contributed by atoms with Crippen molar-refractivity contribution in [1.82, 2.24) is 0 Å². The molecule has 0 radical (unpaired) electrons. The number of hydrogen-bond acceptors (Lipinski definition) is 6. The quantitative estimate of drug-likeness (QED) is 0.277. The lowest BCUT2D eigenvalue weighted by molar-refractivity contribution is -0.123. The van der Waals surface area contributed by atoms with Crippen LogP contribution in [0.25, 0.3) is 0 Å². The molecule has 10 heteroatoms. The van der Waals surface area contributed by atoms with Crippen LogP contribution in [0.4, 0.5) is 0 Å². The molecule has 220 valence electrons. The van der Waals surface area contributed by atoms with Crippen LogP contribution in [0.5, 0.6) is 0 Å². The zero-order valence-corrected chi connectivity index (χ0v) is 27.0. The summed E-state index contributed by atoms with van der Waals surface area (Å²) in [5, 5.41) is 0.309. The molecule has 0 aliphatic heterocycles. The van der Waals surface area contributed by atoms with Crippen molar-refractivity contribution in [3.8, 4) is 0 Å². The molecule has 2 saturated carbocycles. The monoisotopic (exact) mass is 672 g/mol. The summed E-state index contributed by atoms with van der Waals surface area (Å²) in [6, 6.07) is 11.2. The van der Waals surface area contributed by atoms with E-state index < -0.39 is 24.5 Å². The van der Waals surface area contributed by atoms with Crippen molar-refractivity contribution in [1.29, 1.82) is 0 Å². The predicted octanol–water partition coefficient (Wildman–Crippen LogP) is 7.11. The standard InChI is InChI=1S/C15H18BrClO3S.C15H20O3S/c1-21(19,20)11-7-8-12(13(17)9-11)14(16)15(18)10-5-3-2-4-6-10;1-19(17,18)14-9-7-12(8-10-14)11-15(16)13-5-3-2-4-6-13/h7-10,14H,2-6H2,1H3;7-10,13H,2-6,11H2,1H3. The number of sulfone groups is 2. The first-order valence-electron chi connectivity index (χ1n) is 13.8. The van der Waals surface area contributed by atoms with Gasteiger partial charge in [-0.1, -0.05) is 84.3 Å². The summed E-state index contributed by atoms with van der Waals surface area (Å²) in [4.78, 5) is 24.6. The van der Waals surface area contributed by atoms with Gasteiger partial charge in [-0.3, -0.25) is 9.59 Å². The molecular weight excluding hydrogens is 636 g/mol. The van der Waals surface area contributed by atoms with Gasteiger partial charge in [0, 0.05) is 35.8 Å². The molecule has 0 bridgehead atoms. The Morgan fingerprint density at radius 1 is 0.775 bits per heavy atom. The van der Waals surface area contributed by atoms with Crippen LogP contribution in [0.1, 0.15) is 80.2 Å². The minimum absolute atomic E-state index is 0.0776. The first-order chi connectivity index (χ1) is 18.8. The van der Waals surface area contributed by atoms with Crippen molar-refractivity contribution in [3.05, 3.63) is 58.6 Å². The van der Waals surface area contributed by atoms with Crippen LogP contribution >= 0.6 is 27.5 Å². The van der Waals surface area contributed by atoms with Crippen LogP contribution in [-0.2, 0) is 35.7 Å². The van der Waals surface area contributed by atoms with Gasteiger partial charge >= 0.3 is 0 Å². The van der Waals surface area contributed by atoms with Gasteiger partial charge in [0.1, 0.15) is 5.78 Å². The van der Waals surface area contributed by atoms with Crippen molar-refractivity contribution in [3.63, 3.8) is 0 Å². The number of rotatable bonds is 8. The molecule has 0 N–H and O–H groups in total. The number of halogens is 2. The normalized spacial score (nSPS) is 17.9. The molecule has 2 aliphatic rings. The summed E-state index contributed by atoms with van der Waals surface area (Å²) in [6.07, 6.45) is 13.6. The Morgan fingerprint density at radius 3 is 1.73 bits per heavy atom. The molecule has 2 aromatic rings. The molecule has 0 heterocycles. The summed E-state index contributed by atoms with van der Waals surface area (Å²) >= 11 is 9.60. The topological polar surface area (TPSA) is 102 Å². The first-order valence-corrected chi connectivity index (χ1v) is 18.8. The van der Waals surface area contributed by atoms with Gasteiger partial charge in [-0.2, -0.15) is 0 Å². The highest BCUT2D eigenvalue weighted by Crippen LogP contribution is 2.37. The van der Waals surface area contributed by atoms with E-state index in [9.17, 15) is 26.4 Å². The maximum atomic E-state index is 12.5. The average Bonchev–Trinajstić information content (AvgIpc) is 2.93. The molecule has 1 unspecified atom stereocenters. The predicted molar refractivity (Wildman–Crippen MR) is 163 cm³/mol. The van der Waals surface area contributed by atoms with Crippen molar-refractivity contribution < 1.29 is 26.4 Å². The minimum Gasteiger partial charge on any atom is -0.299 e. The lowest BCUT2D eigenvalue weighted by Gasteiger charge is -2.23. The first kappa shape index (κ1) is 33.0. The Kier molecular flexibility index (Phi) is 12.0. The molecule has 0 amide bonds. The zero-order valence-electron chi connectivity index (χ0n) is 23.1. The minimum atomic E-state index is -3.29. The van der Waals surface area contributed by atoms with Crippen molar-refractivity contribution >= 4 is 58.8 Å². The summed E-state index contributed by atoms with van der Waals surface area (Å²) in [5.74, 6) is 0.729. The highest BCUT2D eigenvalue weighted by Gasteiger charge is 2.29. The molecular formula is C30H38BrClO6S2. The Bertz CT molecular complexity index is 1390. The third kappa shape index (κ3) is 9.50. The van der Waals surface area contributed by atoms with Gasteiger partial charge in [-0.15, -0.1) is 0 Å². The second-order valence-electron chi connectivity index (χ2n) is 10.9. The molecule has 0 aromatic heterocycles. The van der Waals surface area contributed by atoms with Gasteiger partial charge in [0.15, 0.2) is 25.5 Å². The van der Waals surface area contributed by atoms with E-state index in [1.54, 1.807) is 30.3 Å². The second kappa shape index (κ2) is 14.6. The number of Topliss-reactive ketones (excluding diaryl/α,β-unsaturated/α-hetero) is 2. The highest BCUT2D eigenvalue weighted by molar-refractivity contribution is 9.09. The van der Waals surface area contributed by atoms with Crippen LogP contribution in [0.3, 0.4) is 0 Å². The van der Waals surface area contributed by atoms with Gasteiger partial charge < -0.3 is 0 Å². The van der Waals surface area contributed by atoms with Gasteiger partial charge in [0.05, 0.1) is 14.6 Å². The smallest absolute Gasteiger partial charge is 0.175 e. The Labute approximate surface area is 252 Å². The average molecular weight is 674 g/mol. The summed E-state index contributed by atoms with van der Waals surface area (Å²) in [6.45, 7) is 0. The Hall–Kier alpha value is -1.55.